The van der Waals surface area contributed by atoms with Gasteiger partial charge in [0.05, 0.1) is 6.61 Å². The minimum atomic E-state index is 0.00562. The Hall–Kier alpha value is -1.06. The van der Waals surface area contributed by atoms with E-state index < -0.39 is 0 Å². The van der Waals surface area contributed by atoms with Gasteiger partial charge in [-0.15, -0.1) is 0 Å². The van der Waals surface area contributed by atoms with E-state index in [0.29, 0.717) is 5.69 Å². The van der Waals surface area contributed by atoms with Gasteiger partial charge >= 0.3 is 0 Å². The van der Waals surface area contributed by atoms with Gasteiger partial charge in [-0.2, -0.15) is 0 Å². The number of nitrogens with two attached hydrogens (primary N) is 1. The van der Waals surface area contributed by atoms with Crippen molar-refractivity contribution in [3.63, 3.8) is 0 Å². The summed E-state index contributed by atoms with van der Waals surface area (Å²) in [6.07, 6.45) is 0. The van der Waals surface area contributed by atoms with Crippen LogP contribution in [0.1, 0.15) is 25.0 Å². The fourth-order valence-corrected chi connectivity index (χ4v) is 1.10. The number of aliphatic hydroxyl groups excluding tert-OH is 1. The standard InChI is InChI=1S/C9H14N2O.C2H6/c1-11-5-7-2-3-8(6-12)9(10)4-7;1-2/h2-4,11-12H,5-6,10H2,1H3;1-2H3. The number of hydrogen-bond donors (Lipinski definition) is 3. The lowest BCUT2D eigenvalue weighted by Crippen LogP contribution is -2.06. The maximum atomic E-state index is 8.84. The molecule has 0 saturated carbocycles. The molecule has 0 atom stereocenters. The van der Waals surface area contributed by atoms with Crippen LogP contribution in [0.4, 0.5) is 5.69 Å². The summed E-state index contributed by atoms with van der Waals surface area (Å²) in [4.78, 5) is 0. The lowest BCUT2D eigenvalue weighted by Gasteiger charge is -2.05. The number of benzene rings is 1. The second kappa shape index (κ2) is 7.35. The van der Waals surface area contributed by atoms with E-state index >= 15 is 0 Å². The van der Waals surface area contributed by atoms with E-state index in [9.17, 15) is 0 Å². The van der Waals surface area contributed by atoms with Crippen LogP contribution in [0.2, 0.25) is 0 Å². The lowest BCUT2D eigenvalue weighted by atomic mass is 10.1. The number of anilines is 1. The smallest absolute Gasteiger partial charge is 0.0701 e. The molecule has 0 aromatic heterocycles. The van der Waals surface area contributed by atoms with Gasteiger partial charge in [-0.3, -0.25) is 0 Å². The first kappa shape index (κ1) is 12.9. The Kier molecular flexibility index (Phi) is 6.80. The third-order valence-electron chi connectivity index (χ3n) is 1.76. The second-order valence-corrected chi connectivity index (χ2v) is 2.72. The van der Waals surface area contributed by atoms with Crippen LogP contribution >= 0.6 is 0 Å². The van der Waals surface area contributed by atoms with E-state index in [1.807, 2.05) is 39.1 Å². The summed E-state index contributed by atoms with van der Waals surface area (Å²) in [6.45, 7) is 4.81. The predicted molar refractivity (Wildman–Crippen MR) is 60.9 cm³/mol. The van der Waals surface area contributed by atoms with Crippen molar-refractivity contribution in [2.45, 2.75) is 27.0 Å². The topological polar surface area (TPSA) is 58.3 Å². The van der Waals surface area contributed by atoms with E-state index in [4.69, 9.17) is 10.8 Å². The molecular weight excluding hydrogens is 176 g/mol. The van der Waals surface area contributed by atoms with Crippen molar-refractivity contribution in [1.29, 1.82) is 0 Å². The van der Waals surface area contributed by atoms with Crippen molar-refractivity contribution < 1.29 is 5.11 Å². The van der Waals surface area contributed by atoms with E-state index in [0.717, 1.165) is 17.7 Å². The Morgan fingerprint density at radius 2 is 2.00 bits per heavy atom. The molecule has 0 unspecified atom stereocenters. The van der Waals surface area contributed by atoms with Gasteiger partial charge in [0.15, 0.2) is 0 Å². The number of nitrogen functional groups attached to an aromatic ring is 1. The molecule has 0 fully saturated rings. The molecule has 0 bridgehead atoms. The third kappa shape index (κ3) is 3.77. The third-order valence-corrected chi connectivity index (χ3v) is 1.76. The molecule has 0 aliphatic carbocycles. The molecule has 4 N–H and O–H groups in total. The molecule has 1 rings (SSSR count). The molecule has 0 amide bonds. The van der Waals surface area contributed by atoms with E-state index in [1.165, 1.54) is 0 Å². The van der Waals surface area contributed by atoms with Crippen LogP contribution in [0.25, 0.3) is 0 Å². The summed E-state index contributed by atoms with van der Waals surface area (Å²) >= 11 is 0. The van der Waals surface area contributed by atoms with Crippen molar-refractivity contribution >= 4 is 5.69 Å². The Morgan fingerprint density at radius 3 is 2.43 bits per heavy atom. The first-order chi connectivity index (χ1) is 6.77. The minimum Gasteiger partial charge on any atom is -0.398 e. The zero-order chi connectivity index (χ0) is 11.0. The number of aliphatic hydroxyl groups is 1. The lowest BCUT2D eigenvalue weighted by molar-refractivity contribution is 0.282. The maximum Gasteiger partial charge on any atom is 0.0701 e. The van der Waals surface area contributed by atoms with Crippen LogP contribution in [0, 0.1) is 0 Å². The molecule has 1 aromatic carbocycles. The summed E-state index contributed by atoms with van der Waals surface area (Å²) in [7, 11) is 1.89. The summed E-state index contributed by atoms with van der Waals surface area (Å²) in [6, 6.07) is 5.68. The van der Waals surface area contributed by atoms with Crippen molar-refractivity contribution in [2.24, 2.45) is 0 Å². The quantitative estimate of drug-likeness (QED) is 0.642. The van der Waals surface area contributed by atoms with Crippen LogP contribution in [0.15, 0.2) is 18.2 Å². The summed E-state index contributed by atoms with van der Waals surface area (Å²) in [5, 5.41) is 11.9. The van der Waals surface area contributed by atoms with Crippen molar-refractivity contribution in [3.8, 4) is 0 Å². The molecule has 0 aliphatic rings. The normalized spacial score (nSPS) is 9.14. The zero-order valence-corrected chi connectivity index (χ0v) is 9.17. The van der Waals surface area contributed by atoms with E-state index in [-0.39, 0.29) is 6.61 Å². The first-order valence-electron chi connectivity index (χ1n) is 4.90. The van der Waals surface area contributed by atoms with Crippen molar-refractivity contribution in [2.75, 3.05) is 12.8 Å². The Labute approximate surface area is 85.9 Å². The maximum absolute atomic E-state index is 8.84. The first-order valence-corrected chi connectivity index (χ1v) is 4.90. The molecule has 0 radical (unpaired) electrons. The van der Waals surface area contributed by atoms with Crippen LogP contribution in [-0.4, -0.2) is 12.2 Å². The largest absolute Gasteiger partial charge is 0.398 e. The highest BCUT2D eigenvalue weighted by Gasteiger charge is 1.98. The molecule has 0 heterocycles. The van der Waals surface area contributed by atoms with Crippen LogP contribution in [0.3, 0.4) is 0 Å². The molecule has 14 heavy (non-hydrogen) atoms. The SMILES string of the molecule is CC.CNCc1ccc(CO)c(N)c1. The highest BCUT2D eigenvalue weighted by Crippen LogP contribution is 2.13. The molecule has 0 saturated heterocycles. The summed E-state index contributed by atoms with van der Waals surface area (Å²) in [5.41, 5.74) is 8.25. The van der Waals surface area contributed by atoms with Crippen LogP contribution < -0.4 is 11.1 Å². The Bertz CT molecular complexity index is 261. The number of hydrogen-bond acceptors (Lipinski definition) is 3. The summed E-state index contributed by atoms with van der Waals surface area (Å²) in [5.74, 6) is 0. The van der Waals surface area contributed by atoms with E-state index in [1.54, 1.807) is 0 Å². The van der Waals surface area contributed by atoms with Gasteiger partial charge in [0, 0.05) is 17.8 Å². The predicted octanol–water partition coefficient (Wildman–Crippen LogP) is 1.51. The van der Waals surface area contributed by atoms with Gasteiger partial charge in [-0.25, -0.2) is 0 Å². The Morgan fingerprint density at radius 1 is 1.36 bits per heavy atom. The molecule has 80 valence electrons. The van der Waals surface area contributed by atoms with Gasteiger partial charge in [0.1, 0.15) is 0 Å². The van der Waals surface area contributed by atoms with Gasteiger partial charge in [0.2, 0.25) is 0 Å². The van der Waals surface area contributed by atoms with E-state index in [2.05, 4.69) is 5.32 Å². The molecule has 0 spiro atoms. The highest BCUT2D eigenvalue weighted by molar-refractivity contribution is 5.48. The average molecular weight is 196 g/mol. The Balaban J connectivity index is 0.000000791. The fraction of sp³-hybridized carbons (Fsp3) is 0.455. The van der Waals surface area contributed by atoms with Crippen molar-refractivity contribution in [1.82, 2.24) is 5.32 Å². The second-order valence-electron chi connectivity index (χ2n) is 2.72. The van der Waals surface area contributed by atoms with Crippen LogP contribution in [-0.2, 0) is 13.2 Å². The van der Waals surface area contributed by atoms with Crippen LogP contribution in [0.5, 0.6) is 0 Å². The van der Waals surface area contributed by atoms with Crippen molar-refractivity contribution in [3.05, 3.63) is 29.3 Å². The molecular formula is C11H20N2O. The highest BCUT2D eigenvalue weighted by atomic mass is 16.3. The molecule has 1 aromatic rings. The zero-order valence-electron chi connectivity index (χ0n) is 9.17. The molecule has 0 aliphatic heterocycles. The molecule has 3 nitrogen and oxygen atoms in total. The van der Waals surface area contributed by atoms with Gasteiger partial charge in [-0.1, -0.05) is 26.0 Å². The fourth-order valence-electron chi connectivity index (χ4n) is 1.10. The summed E-state index contributed by atoms with van der Waals surface area (Å²) < 4.78 is 0. The number of rotatable bonds is 3. The van der Waals surface area contributed by atoms with Gasteiger partial charge in [-0.05, 0) is 18.7 Å². The minimum absolute atomic E-state index is 0.00562. The monoisotopic (exact) mass is 196 g/mol. The van der Waals surface area contributed by atoms with Gasteiger partial charge in [0.25, 0.3) is 0 Å². The van der Waals surface area contributed by atoms with Gasteiger partial charge < -0.3 is 16.2 Å². The molecule has 3 heteroatoms. The number of nitrogens with one attached hydrogen (secondary N) is 1. The average Bonchev–Trinajstić information content (AvgIpc) is 2.22.